The first-order valence-corrected chi connectivity index (χ1v) is 7.11. The molecule has 7 nitrogen and oxygen atoms in total. The molecule has 2 amide bonds. The van der Waals surface area contributed by atoms with Gasteiger partial charge in [-0.3, -0.25) is 10.1 Å². The number of rotatable bonds is 5. The quantitative estimate of drug-likeness (QED) is 0.714. The van der Waals surface area contributed by atoms with E-state index in [1.165, 1.54) is 0 Å². The highest BCUT2D eigenvalue weighted by molar-refractivity contribution is 7.80. The van der Waals surface area contributed by atoms with Crippen molar-refractivity contribution in [1.82, 2.24) is 10.2 Å². The molecule has 1 aromatic carbocycles. The number of para-hydroxylation sites is 2. The minimum atomic E-state index is -0.630. The van der Waals surface area contributed by atoms with Crippen LogP contribution in [0.5, 0.6) is 0 Å². The summed E-state index contributed by atoms with van der Waals surface area (Å²) >= 11 is 5.03. The maximum absolute atomic E-state index is 11.8. The van der Waals surface area contributed by atoms with Crippen molar-refractivity contribution in [3.05, 3.63) is 24.3 Å². The molecule has 0 bridgehead atoms. The molecule has 0 aliphatic carbocycles. The Balaban J connectivity index is 2.69. The molecule has 1 rings (SSSR count). The number of hydrogen-bond acceptors (Lipinski definition) is 5. The fourth-order valence-corrected chi connectivity index (χ4v) is 1.78. The third-order valence-electron chi connectivity index (χ3n) is 2.40. The molecule has 0 aromatic heterocycles. The second kappa shape index (κ2) is 8.96. The Labute approximate surface area is 135 Å². The molecule has 0 fully saturated rings. The number of nitrogens with one attached hydrogen (secondary N) is 3. The smallest absolute Gasteiger partial charge is 0.413 e. The van der Waals surface area contributed by atoms with E-state index in [9.17, 15) is 9.59 Å². The third kappa shape index (κ3) is 6.51. The monoisotopic (exact) mass is 324 g/mol. The van der Waals surface area contributed by atoms with Gasteiger partial charge in [0.2, 0.25) is 5.91 Å². The minimum absolute atomic E-state index is 0.0905. The molecule has 0 unspecified atom stereocenters. The Bertz CT molecular complexity index is 549. The molecule has 8 heteroatoms. The summed E-state index contributed by atoms with van der Waals surface area (Å²) in [5.41, 5.74) is 1.15. The standard InChI is InChI=1S/C14H20N4O3S/c1-4-21-14(20)17-13(22)16-11-8-6-5-7-10(11)15-12(19)9-18(2)3/h5-8H,4,9H2,1-3H3,(H,15,19)(H2,16,17,20,22). The molecule has 3 N–H and O–H groups in total. The number of carbonyl (C=O) groups excluding carboxylic acids is 2. The molecule has 0 aliphatic rings. The molecule has 1 aromatic rings. The van der Waals surface area contributed by atoms with Crippen LogP contribution in [0.25, 0.3) is 0 Å². The van der Waals surface area contributed by atoms with Gasteiger partial charge in [0.1, 0.15) is 0 Å². The normalized spacial score (nSPS) is 10.0. The molecule has 0 saturated heterocycles. The Hall–Kier alpha value is -2.19. The van der Waals surface area contributed by atoms with Gasteiger partial charge in [0, 0.05) is 0 Å². The molecule has 0 spiro atoms. The molecule has 0 saturated carbocycles. The molecule has 0 aliphatic heterocycles. The van der Waals surface area contributed by atoms with Crippen molar-refractivity contribution >= 4 is 40.7 Å². The number of carbonyl (C=O) groups is 2. The highest BCUT2D eigenvalue weighted by Gasteiger charge is 2.10. The lowest BCUT2D eigenvalue weighted by Crippen LogP contribution is -2.35. The summed E-state index contributed by atoms with van der Waals surface area (Å²) in [4.78, 5) is 24.9. The van der Waals surface area contributed by atoms with Crippen LogP contribution in [0, 0.1) is 0 Å². The van der Waals surface area contributed by atoms with Crippen LogP contribution in [0.2, 0.25) is 0 Å². The summed E-state index contributed by atoms with van der Waals surface area (Å²) < 4.78 is 4.74. The van der Waals surface area contributed by atoms with Crippen LogP contribution in [0.4, 0.5) is 16.2 Å². The number of hydrogen-bond donors (Lipinski definition) is 3. The average molecular weight is 324 g/mol. The zero-order valence-corrected chi connectivity index (χ0v) is 13.6. The highest BCUT2D eigenvalue weighted by Crippen LogP contribution is 2.20. The van der Waals surface area contributed by atoms with Crippen LogP contribution in [-0.2, 0) is 9.53 Å². The van der Waals surface area contributed by atoms with Crippen molar-refractivity contribution in [3.8, 4) is 0 Å². The predicted octanol–water partition coefficient (Wildman–Crippen LogP) is 1.63. The number of benzene rings is 1. The van der Waals surface area contributed by atoms with Gasteiger partial charge in [-0.2, -0.15) is 0 Å². The van der Waals surface area contributed by atoms with E-state index in [4.69, 9.17) is 17.0 Å². The van der Waals surface area contributed by atoms with Crippen LogP contribution >= 0.6 is 12.2 Å². The molecule has 0 heterocycles. The van der Waals surface area contributed by atoms with Gasteiger partial charge < -0.3 is 20.3 Å². The number of alkyl carbamates (subject to hydrolysis) is 1. The minimum Gasteiger partial charge on any atom is -0.450 e. The first kappa shape index (κ1) is 17.9. The molecular formula is C14H20N4O3S. The first-order chi connectivity index (χ1) is 10.4. The average Bonchev–Trinajstić information content (AvgIpc) is 2.40. The van der Waals surface area contributed by atoms with Gasteiger partial charge in [0.25, 0.3) is 0 Å². The Morgan fingerprint density at radius 1 is 1.18 bits per heavy atom. The zero-order chi connectivity index (χ0) is 16.5. The van der Waals surface area contributed by atoms with Crippen molar-refractivity contribution in [2.45, 2.75) is 6.92 Å². The van der Waals surface area contributed by atoms with Crippen molar-refractivity contribution in [1.29, 1.82) is 0 Å². The van der Waals surface area contributed by atoms with Gasteiger partial charge in [-0.05, 0) is 45.4 Å². The van der Waals surface area contributed by atoms with Crippen LogP contribution < -0.4 is 16.0 Å². The van der Waals surface area contributed by atoms with E-state index in [0.29, 0.717) is 11.4 Å². The Kier molecular flexibility index (Phi) is 7.27. The van der Waals surface area contributed by atoms with Gasteiger partial charge in [-0.25, -0.2) is 4.79 Å². The molecule has 120 valence electrons. The predicted molar refractivity (Wildman–Crippen MR) is 90.0 cm³/mol. The number of amides is 2. The van der Waals surface area contributed by atoms with E-state index in [-0.39, 0.29) is 24.2 Å². The van der Waals surface area contributed by atoms with Crippen molar-refractivity contribution in [2.24, 2.45) is 0 Å². The molecule has 0 atom stereocenters. The molecule has 0 radical (unpaired) electrons. The number of ether oxygens (including phenoxy) is 1. The fraction of sp³-hybridized carbons (Fsp3) is 0.357. The van der Waals surface area contributed by atoms with Crippen molar-refractivity contribution < 1.29 is 14.3 Å². The molecule has 22 heavy (non-hydrogen) atoms. The topological polar surface area (TPSA) is 82.7 Å². The number of nitrogens with zero attached hydrogens (tertiary/aromatic N) is 1. The van der Waals surface area contributed by atoms with Crippen LogP contribution in [-0.4, -0.2) is 49.3 Å². The van der Waals surface area contributed by atoms with Gasteiger partial charge in [0.15, 0.2) is 5.11 Å². The van der Waals surface area contributed by atoms with Crippen molar-refractivity contribution in [3.63, 3.8) is 0 Å². The summed E-state index contributed by atoms with van der Waals surface area (Å²) in [7, 11) is 3.62. The fourth-order valence-electron chi connectivity index (χ4n) is 1.59. The second-order valence-electron chi connectivity index (χ2n) is 4.63. The largest absolute Gasteiger partial charge is 0.450 e. The highest BCUT2D eigenvalue weighted by atomic mass is 32.1. The zero-order valence-electron chi connectivity index (χ0n) is 12.8. The van der Waals surface area contributed by atoms with Crippen LogP contribution in [0.15, 0.2) is 24.3 Å². The maximum Gasteiger partial charge on any atom is 0.413 e. The van der Waals surface area contributed by atoms with Crippen molar-refractivity contribution in [2.75, 3.05) is 37.9 Å². The number of anilines is 2. The second-order valence-corrected chi connectivity index (χ2v) is 5.04. The maximum atomic E-state index is 11.8. The first-order valence-electron chi connectivity index (χ1n) is 6.70. The van der Waals surface area contributed by atoms with E-state index in [2.05, 4.69) is 16.0 Å². The van der Waals surface area contributed by atoms with E-state index in [0.717, 1.165) is 0 Å². The van der Waals surface area contributed by atoms with E-state index >= 15 is 0 Å². The van der Waals surface area contributed by atoms with Gasteiger partial charge in [-0.1, -0.05) is 12.1 Å². The lowest BCUT2D eigenvalue weighted by molar-refractivity contribution is -0.116. The van der Waals surface area contributed by atoms with E-state index in [1.807, 2.05) is 14.1 Å². The number of thiocarbonyl (C=S) groups is 1. The van der Waals surface area contributed by atoms with Gasteiger partial charge >= 0.3 is 6.09 Å². The van der Waals surface area contributed by atoms with E-state index < -0.39 is 6.09 Å². The Morgan fingerprint density at radius 2 is 1.77 bits per heavy atom. The third-order valence-corrected chi connectivity index (χ3v) is 2.60. The van der Waals surface area contributed by atoms with E-state index in [1.54, 1.807) is 36.1 Å². The molecular weight excluding hydrogens is 304 g/mol. The SMILES string of the molecule is CCOC(=O)NC(=S)Nc1ccccc1NC(=O)CN(C)C. The summed E-state index contributed by atoms with van der Waals surface area (Å²) in [6.45, 7) is 2.22. The summed E-state index contributed by atoms with van der Waals surface area (Å²) in [5.74, 6) is -0.150. The number of likely N-dealkylation sites (N-methyl/N-ethyl adjacent to an activating group) is 1. The van der Waals surface area contributed by atoms with Gasteiger partial charge in [0.05, 0.1) is 24.5 Å². The lowest BCUT2D eigenvalue weighted by atomic mass is 10.2. The summed E-state index contributed by atoms with van der Waals surface area (Å²) in [6, 6.07) is 7.06. The summed E-state index contributed by atoms with van der Waals surface area (Å²) in [6.07, 6.45) is -0.630. The van der Waals surface area contributed by atoms with Gasteiger partial charge in [-0.15, -0.1) is 0 Å². The van der Waals surface area contributed by atoms with Crippen LogP contribution in [0.1, 0.15) is 6.92 Å². The van der Waals surface area contributed by atoms with Crippen LogP contribution in [0.3, 0.4) is 0 Å². The lowest BCUT2D eigenvalue weighted by Gasteiger charge is -2.15. The summed E-state index contributed by atoms with van der Waals surface area (Å²) in [5, 5.41) is 8.10. The Morgan fingerprint density at radius 3 is 2.32 bits per heavy atom.